The summed E-state index contributed by atoms with van der Waals surface area (Å²) in [6.45, 7) is 3.96. The second-order valence-corrected chi connectivity index (χ2v) is 7.07. The molecule has 1 aliphatic rings. The van der Waals surface area contributed by atoms with E-state index < -0.39 is 0 Å². The zero-order valence-electron chi connectivity index (χ0n) is 16.0. The Balaban J connectivity index is 1.70. The Morgan fingerprint density at radius 2 is 1.88 bits per heavy atom. The van der Waals surface area contributed by atoms with Gasteiger partial charge < -0.3 is 14.7 Å². The van der Waals surface area contributed by atoms with E-state index in [1.54, 1.807) is 0 Å². The van der Waals surface area contributed by atoms with Gasteiger partial charge in [-0.15, -0.1) is 0 Å². The fourth-order valence-corrected chi connectivity index (χ4v) is 3.43. The third-order valence-corrected chi connectivity index (χ3v) is 5.02. The first-order chi connectivity index (χ1) is 12.5. The van der Waals surface area contributed by atoms with Crippen LogP contribution in [0.4, 0.5) is 17.5 Å². The summed E-state index contributed by atoms with van der Waals surface area (Å²) in [5.74, 6) is 1.68. The average molecular weight is 350 g/mol. The summed E-state index contributed by atoms with van der Waals surface area (Å²) in [7, 11) is 6.01. The van der Waals surface area contributed by atoms with Crippen molar-refractivity contribution in [2.45, 2.75) is 25.8 Å². The van der Waals surface area contributed by atoms with Crippen LogP contribution in [0, 0.1) is 18.3 Å². The molecule has 3 rings (SSSR count). The van der Waals surface area contributed by atoms with Crippen LogP contribution < -0.4 is 14.7 Å². The van der Waals surface area contributed by atoms with Crippen molar-refractivity contribution in [2.75, 3.05) is 48.9 Å². The zero-order chi connectivity index (χ0) is 18.7. The number of nitrogens with zero attached hydrogens (tertiary/aromatic N) is 6. The summed E-state index contributed by atoms with van der Waals surface area (Å²) in [6, 6.07) is 10.8. The van der Waals surface area contributed by atoms with Crippen LogP contribution in [-0.4, -0.2) is 50.2 Å². The molecule has 6 heteroatoms. The predicted molar refractivity (Wildman–Crippen MR) is 106 cm³/mol. The van der Waals surface area contributed by atoms with Gasteiger partial charge in [-0.25, -0.2) is 4.98 Å². The number of benzene rings is 1. The third kappa shape index (κ3) is 3.72. The van der Waals surface area contributed by atoms with Crippen molar-refractivity contribution in [3.63, 3.8) is 0 Å². The molecule has 136 valence electrons. The number of anilines is 3. The first kappa shape index (κ1) is 18.0. The summed E-state index contributed by atoms with van der Waals surface area (Å²) >= 11 is 0. The Morgan fingerprint density at radius 1 is 1.15 bits per heavy atom. The fourth-order valence-electron chi connectivity index (χ4n) is 3.43. The minimum absolute atomic E-state index is 0.437. The lowest BCUT2D eigenvalue weighted by atomic mass is 10.0. The molecule has 0 radical (unpaired) electrons. The SMILES string of the molecule is Cc1ccc(C#N)c(N2CCC(N(C)c3ccnc(N(C)C)n3)CC2)c1. The molecule has 2 aromatic rings. The molecule has 6 nitrogen and oxygen atoms in total. The van der Waals surface area contributed by atoms with Crippen LogP contribution in [-0.2, 0) is 0 Å². The minimum Gasteiger partial charge on any atom is -0.370 e. The van der Waals surface area contributed by atoms with Gasteiger partial charge in [0.2, 0.25) is 5.95 Å². The first-order valence-electron chi connectivity index (χ1n) is 8.98. The van der Waals surface area contributed by atoms with Gasteiger partial charge in [0.15, 0.2) is 0 Å². The van der Waals surface area contributed by atoms with Crippen LogP contribution in [0.5, 0.6) is 0 Å². The standard InChI is InChI=1S/C20H26N6/c1-15-5-6-16(14-21)18(13-15)26-11-8-17(9-12-26)25(4)19-7-10-22-20(23-19)24(2)3/h5-7,10,13,17H,8-9,11-12H2,1-4H3. The van der Waals surface area contributed by atoms with Crippen molar-refractivity contribution in [3.05, 3.63) is 41.6 Å². The number of rotatable bonds is 4. The highest BCUT2D eigenvalue weighted by Crippen LogP contribution is 2.28. The smallest absolute Gasteiger partial charge is 0.226 e. The number of piperidine rings is 1. The van der Waals surface area contributed by atoms with Gasteiger partial charge in [0.1, 0.15) is 11.9 Å². The molecule has 0 atom stereocenters. The second kappa shape index (κ2) is 7.61. The first-order valence-corrected chi connectivity index (χ1v) is 8.98. The average Bonchev–Trinajstić information content (AvgIpc) is 2.67. The largest absolute Gasteiger partial charge is 0.370 e. The van der Waals surface area contributed by atoms with E-state index in [9.17, 15) is 5.26 Å². The van der Waals surface area contributed by atoms with Crippen molar-refractivity contribution in [1.82, 2.24) is 9.97 Å². The maximum Gasteiger partial charge on any atom is 0.226 e. The van der Waals surface area contributed by atoms with Gasteiger partial charge in [0, 0.05) is 46.5 Å². The van der Waals surface area contributed by atoms with E-state index in [0.717, 1.165) is 48.9 Å². The van der Waals surface area contributed by atoms with Crippen LogP contribution in [0.15, 0.2) is 30.5 Å². The molecule has 0 saturated carbocycles. The maximum atomic E-state index is 9.40. The van der Waals surface area contributed by atoms with Gasteiger partial charge >= 0.3 is 0 Å². The summed E-state index contributed by atoms with van der Waals surface area (Å²) in [5.41, 5.74) is 3.01. The lowest BCUT2D eigenvalue weighted by Gasteiger charge is -2.38. The molecule has 0 spiro atoms. The zero-order valence-corrected chi connectivity index (χ0v) is 16.0. The highest BCUT2D eigenvalue weighted by Gasteiger charge is 2.25. The van der Waals surface area contributed by atoms with Gasteiger partial charge in [-0.05, 0) is 43.5 Å². The molecule has 0 N–H and O–H groups in total. The topological polar surface area (TPSA) is 59.3 Å². The van der Waals surface area contributed by atoms with Crippen LogP contribution in [0.25, 0.3) is 0 Å². The molecule has 0 amide bonds. The van der Waals surface area contributed by atoms with Crippen LogP contribution in [0.3, 0.4) is 0 Å². The number of hydrogen-bond donors (Lipinski definition) is 0. The predicted octanol–water partition coefficient (Wildman–Crippen LogP) is 2.83. The highest BCUT2D eigenvalue weighted by atomic mass is 15.3. The van der Waals surface area contributed by atoms with E-state index in [4.69, 9.17) is 0 Å². The van der Waals surface area contributed by atoms with Crippen molar-refractivity contribution < 1.29 is 0 Å². The summed E-state index contributed by atoms with van der Waals surface area (Å²) in [6.07, 6.45) is 3.89. The third-order valence-electron chi connectivity index (χ3n) is 5.02. The van der Waals surface area contributed by atoms with Crippen molar-refractivity contribution in [3.8, 4) is 6.07 Å². The van der Waals surface area contributed by atoms with E-state index in [1.807, 2.05) is 43.4 Å². The lowest BCUT2D eigenvalue weighted by Crippen LogP contribution is -2.44. The highest BCUT2D eigenvalue weighted by molar-refractivity contribution is 5.61. The quantitative estimate of drug-likeness (QED) is 0.845. The number of hydrogen-bond acceptors (Lipinski definition) is 6. The van der Waals surface area contributed by atoms with E-state index in [-0.39, 0.29) is 0 Å². The molecule has 26 heavy (non-hydrogen) atoms. The number of nitriles is 1. The molecule has 0 unspecified atom stereocenters. The summed E-state index contributed by atoms with van der Waals surface area (Å²) in [4.78, 5) is 15.5. The van der Waals surface area contributed by atoms with E-state index in [1.165, 1.54) is 5.56 Å². The Labute approximate surface area is 155 Å². The van der Waals surface area contributed by atoms with Gasteiger partial charge in [0.05, 0.1) is 11.3 Å². The Morgan fingerprint density at radius 3 is 2.54 bits per heavy atom. The van der Waals surface area contributed by atoms with E-state index in [0.29, 0.717) is 6.04 Å². The molecule has 1 aromatic carbocycles. The molecule has 1 aromatic heterocycles. The van der Waals surface area contributed by atoms with Crippen molar-refractivity contribution in [1.29, 1.82) is 5.26 Å². The summed E-state index contributed by atoms with van der Waals surface area (Å²) in [5, 5.41) is 9.40. The Kier molecular flexibility index (Phi) is 5.27. The van der Waals surface area contributed by atoms with E-state index >= 15 is 0 Å². The maximum absolute atomic E-state index is 9.40. The minimum atomic E-state index is 0.437. The van der Waals surface area contributed by atoms with Crippen LogP contribution in [0.2, 0.25) is 0 Å². The normalized spacial score (nSPS) is 14.8. The van der Waals surface area contributed by atoms with Crippen LogP contribution >= 0.6 is 0 Å². The molecule has 2 heterocycles. The molecule has 1 fully saturated rings. The molecular weight excluding hydrogens is 324 g/mol. The second-order valence-electron chi connectivity index (χ2n) is 7.07. The van der Waals surface area contributed by atoms with Gasteiger partial charge in [-0.2, -0.15) is 10.2 Å². The molecule has 1 aliphatic heterocycles. The van der Waals surface area contributed by atoms with Crippen molar-refractivity contribution in [2.24, 2.45) is 0 Å². The molecule has 1 saturated heterocycles. The van der Waals surface area contributed by atoms with Gasteiger partial charge in [-0.1, -0.05) is 6.07 Å². The molecule has 0 bridgehead atoms. The van der Waals surface area contributed by atoms with Crippen LogP contribution in [0.1, 0.15) is 24.0 Å². The fraction of sp³-hybridized carbons (Fsp3) is 0.450. The Hall–Kier alpha value is -2.81. The Bertz CT molecular complexity index is 802. The van der Waals surface area contributed by atoms with Crippen molar-refractivity contribution >= 4 is 17.5 Å². The van der Waals surface area contributed by atoms with E-state index in [2.05, 4.69) is 45.9 Å². The number of aromatic nitrogens is 2. The monoisotopic (exact) mass is 350 g/mol. The molecular formula is C20H26N6. The lowest BCUT2D eigenvalue weighted by molar-refractivity contribution is 0.480. The summed E-state index contributed by atoms with van der Waals surface area (Å²) < 4.78 is 0. The van der Waals surface area contributed by atoms with Gasteiger partial charge in [0.25, 0.3) is 0 Å². The number of aryl methyl sites for hydroxylation is 1. The van der Waals surface area contributed by atoms with Gasteiger partial charge in [-0.3, -0.25) is 0 Å². The molecule has 0 aliphatic carbocycles.